The first-order valence-electron chi connectivity index (χ1n) is 5.36. The molecule has 1 aromatic carbocycles. The topological polar surface area (TPSA) is 93.8 Å². The molecule has 0 aliphatic carbocycles. The zero-order chi connectivity index (χ0) is 13.4. The third kappa shape index (κ3) is 5.64. The first-order chi connectivity index (χ1) is 8.58. The number of carbonyl (C=O) groups is 2. The van der Waals surface area contributed by atoms with E-state index in [0.29, 0.717) is 11.5 Å². The summed E-state index contributed by atoms with van der Waals surface area (Å²) in [5.74, 6) is -0.292. The minimum absolute atomic E-state index is 0.0137. The van der Waals surface area contributed by atoms with Crippen LogP contribution in [0.15, 0.2) is 35.4 Å². The number of hydrazone groups is 1. The molecule has 96 valence electrons. The van der Waals surface area contributed by atoms with Crippen molar-refractivity contribution in [3.8, 4) is 5.75 Å². The number of para-hydroxylation sites is 1. The lowest BCUT2D eigenvalue weighted by Crippen LogP contribution is -2.26. The monoisotopic (exact) mass is 249 g/mol. The molecular formula is C12H15N3O3. The number of nitrogens with two attached hydrogens (primary N) is 1. The third-order valence-electron chi connectivity index (χ3n) is 1.91. The van der Waals surface area contributed by atoms with E-state index >= 15 is 0 Å². The molecule has 0 atom stereocenters. The van der Waals surface area contributed by atoms with Crippen LogP contribution in [0.3, 0.4) is 0 Å². The van der Waals surface area contributed by atoms with Crippen LogP contribution in [0.1, 0.15) is 13.3 Å². The maximum Gasteiger partial charge on any atom is 0.277 e. The van der Waals surface area contributed by atoms with Gasteiger partial charge >= 0.3 is 0 Å². The Morgan fingerprint density at radius 3 is 2.61 bits per heavy atom. The van der Waals surface area contributed by atoms with Gasteiger partial charge < -0.3 is 10.5 Å². The van der Waals surface area contributed by atoms with Crippen LogP contribution < -0.4 is 15.9 Å². The van der Waals surface area contributed by atoms with Gasteiger partial charge in [-0.05, 0) is 19.1 Å². The van der Waals surface area contributed by atoms with Crippen molar-refractivity contribution < 1.29 is 14.3 Å². The predicted molar refractivity (Wildman–Crippen MR) is 67.0 cm³/mol. The summed E-state index contributed by atoms with van der Waals surface area (Å²) in [7, 11) is 0. The Balaban J connectivity index is 2.32. The number of rotatable bonds is 6. The van der Waals surface area contributed by atoms with Crippen molar-refractivity contribution in [1.29, 1.82) is 0 Å². The van der Waals surface area contributed by atoms with Gasteiger partial charge in [0.25, 0.3) is 5.91 Å². The SMILES string of the molecule is C/C(CC(N)=O)=N\NC(=O)COc1ccccc1. The molecule has 0 radical (unpaired) electrons. The molecule has 18 heavy (non-hydrogen) atoms. The van der Waals surface area contributed by atoms with Gasteiger partial charge in [-0.3, -0.25) is 9.59 Å². The summed E-state index contributed by atoms with van der Waals surface area (Å²) < 4.78 is 5.21. The van der Waals surface area contributed by atoms with E-state index in [1.165, 1.54) is 0 Å². The number of nitrogens with zero attached hydrogens (tertiary/aromatic N) is 1. The average molecular weight is 249 g/mol. The molecule has 0 saturated carbocycles. The molecule has 1 rings (SSSR count). The maximum atomic E-state index is 11.3. The van der Waals surface area contributed by atoms with Crippen molar-refractivity contribution in [3.05, 3.63) is 30.3 Å². The van der Waals surface area contributed by atoms with Crippen molar-refractivity contribution in [3.63, 3.8) is 0 Å². The van der Waals surface area contributed by atoms with Gasteiger partial charge in [0.2, 0.25) is 5.91 Å². The normalized spacial score (nSPS) is 10.8. The van der Waals surface area contributed by atoms with Gasteiger partial charge in [0.15, 0.2) is 6.61 Å². The number of nitrogens with one attached hydrogen (secondary N) is 1. The van der Waals surface area contributed by atoms with E-state index in [-0.39, 0.29) is 13.0 Å². The second-order valence-electron chi connectivity index (χ2n) is 3.63. The summed E-state index contributed by atoms with van der Waals surface area (Å²) in [5, 5.41) is 3.71. The van der Waals surface area contributed by atoms with Crippen molar-refractivity contribution in [2.45, 2.75) is 13.3 Å². The Morgan fingerprint density at radius 2 is 2.00 bits per heavy atom. The Bertz CT molecular complexity index is 443. The quantitative estimate of drug-likeness (QED) is 0.565. The molecule has 0 aliphatic heterocycles. The van der Waals surface area contributed by atoms with Crippen molar-refractivity contribution in [2.75, 3.05) is 6.61 Å². The van der Waals surface area contributed by atoms with Crippen LogP contribution in [0.4, 0.5) is 0 Å². The van der Waals surface area contributed by atoms with Crippen LogP contribution in [0.2, 0.25) is 0 Å². The van der Waals surface area contributed by atoms with E-state index in [2.05, 4.69) is 10.5 Å². The van der Waals surface area contributed by atoms with Crippen molar-refractivity contribution in [1.82, 2.24) is 5.43 Å². The maximum absolute atomic E-state index is 11.3. The lowest BCUT2D eigenvalue weighted by atomic mass is 10.3. The number of benzene rings is 1. The molecule has 0 heterocycles. The van der Waals surface area contributed by atoms with E-state index in [9.17, 15) is 9.59 Å². The molecule has 0 aromatic heterocycles. The molecule has 6 nitrogen and oxygen atoms in total. The van der Waals surface area contributed by atoms with Crippen LogP contribution in [0, 0.1) is 0 Å². The highest BCUT2D eigenvalue weighted by Crippen LogP contribution is 2.07. The van der Waals surface area contributed by atoms with E-state index in [0.717, 1.165) is 0 Å². The molecule has 0 saturated heterocycles. The number of carbonyl (C=O) groups excluding carboxylic acids is 2. The molecule has 0 unspecified atom stereocenters. The lowest BCUT2D eigenvalue weighted by Gasteiger charge is -2.04. The second kappa shape index (κ2) is 7.05. The molecule has 0 aliphatic rings. The number of ether oxygens (including phenoxy) is 1. The first-order valence-corrected chi connectivity index (χ1v) is 5.36. The van der Waals surface area contributed by atoms with Crippen molar-refractivity contribution >= 4 is 17.5 Å². The average Bonchev–Trinajstić information content (AvgIpc) is 2.34. The summed E-state index contributed by atoms with van der Waals surface area (Å²) in [4.78, 5) is 21.9. The van der Waals surface area contributed by atoms with Gasteiger partial charge in [-0.25, -0.2) is 5.43 Å². The van der Waals surface area contributed by atoms with Gasteiger partial charge in [-0.1, -0.05) is 18.2 Å². The van der Waals surface area contributed by atoms with Crippen molar-refractivity contribution in [2.24, 2.45) is 10.8 Å². The Kier molecular flexibility index (Phi) is 5.37. The smallest absolute Gasteiger partial charge is 0.277 e. The van der Waals surface area contributed by atoms with Gasteiger partial charge in [0, 0.05) is 5.71 Å². The molecule has 2 amide bonds. The molecular weight excluding hydrogens is 234 g/mol. The number of primary amides is 1. The fourth-order valence-corrected chi connectivity index (χ4v) is 1.15. The number of hydrogen-bond donors (Lipinski definition) is 2. The predicted octanol–water partition coefficient (Wildman–Crippen LogP) is 0.433. The molecule has 6 heteroatoms. The first kappa shape index (κ1) is 13.7. The Morgan fingerprint density at radius 1 is 1.33 bits per heavy atom. The fraction of sp³-hybridized carbons (Fsp3) is 0.250. The van der Waals surface area contributed by atoms with Gasteiger partial charge in [-0.15, -0.1) is 0 Å². The summed E-state index contributed by atoms with van der Waals surface area (Å²) in [5.41, 5.74) is 7.69. The molecule has 3 N–H and O–H groups in total. The summed E-state index contributed by atoms with van der Waals surface area (Å²) in [6, 6.07) is 8.96. The minimum Gasteiger partial charge on any atom is -0.484 e. The highest BCUT2D eigenvalue weighted by Gasteiger charge is 2.02. The van der Waals surface area contributed by atoms with Crippen LogP contribution in [-0.2, 0) is 9.59 Å². The van der Waals surface area contributed by atoms with E-state index in [1.807, 2.05) is 18.2 Å². The summed E-state index contributed by atoms with van der Waals surface area (Å²) >= 11 is 0. The fourth-order valence-electron chi connectivity index (χ4n) is 1.15. The molecule has 0 spiro atoms. The van der Waals surface area contributed by atoms with E-state index < -0.39 is 11.8 Å². The Hall–Kier alpha value is -2.37. The van der Waals surface area contributed by atoms with Gasteiger partial charge in [0.1, 0.15) is 5.75 Å². The van der Waals surface area contributed by atoms with Crippen LogP contribution in [0.25, 0.3) is 0 Å². The van der Waals surface area contributed by atoms with Crippen LogP contribution in [0.5, 0.6) is 5.75 Å². The Labute approximate surface area is 105 Å². The molecule has 0 fully saturated rings. The standard InChI is InChI=1S/C12H15N3O3/c1-9(7-11(13)16)14-15-12(17)8-18-10-5-3-2-4-6-10/h2-6H,7-8H2,1H3,(H2,13,16)(H,15,17)/b14-9+. The van der Waals surface area contributed by atoms with E-state index in [4.69, 9.17) is 10.5 Å². The van der Waals surface area contributed by atoms with Crippen LogP contribution in [-0.4, -0.2) is 24.1 Å². The van der Waals surface area contributed by atoms with Gasteiger partial charge in [-0.2, -0.15) is 5.10 Å². The number of amides is 2. The third-order valence-corrected chi connectivity index (χ3v) is 1.91. The summed E-state index contributed by atoms with van der Waals surface area (Å²) in [6.07, 6.45) is 0.0137. The molecule has 1 aromatic rings. The largest absolute Gasteiger partial charge is 0.484 e. The highest BCUT2D eigenvalue weighted by atomic mass is 16.5. The second-order valence-corrected chi connectivity index (χ2v) is 3.63. The van der Waals surface area contributed by atoms with Gasteiger partial charge in [0.05, 0.1) is 6.42 Å². The highest BCUT2D eigenvalue weighted by molar-refractivity contribution is 5.99. The van der Waals surface area contributed by atoms with Crippen LogP contribution >= 0.6 is 0 Å². The number of hydrogen-bond acceptors (Lipinski definition) is 4. The van der Waals surface area contributed by atoms with E-state index in [1.54, 1.807) is 19.1 Å². The lowest BCUT2D eigenvalue weighted by molar-refractivity contribution is -0.123. The molecule has 0 bridgehead atoms. The minimum atomic E-state index is -0.494. The zero-order valence-electron chi connectivity index (χ0n) is 10.1. The summed E-state index contributed by atoms with van der Waals surface area (Å²) in [6.45, 7) is 1.46. The zero-order valence-corrected chi connectivity index (χ0v) is 10.1.